The maximum atomic E-state index is 11.4. The Bertz CT molecular complexity index is 315. The van der Waals surface area contributed by atoms with Crippen molar-refractivity contribution in [2.24, 2.45) is 0 Å². The molecule has 0 aromatic carbocycles. The molecule has 0 aromatic heterocycles. The molecule has 0 spiro atoms. The van der Waals surface area contributed by atoms with Gasteiger partial charge in [0.15, 0.2) is 0 Å². The maximum Gasteiger partial charge on any atom is 0.150 e. The number of nitrogens with zero attached hydrogens (tertiary/aromatic N) is 1. The summed E-state index contributed by atoms with van der Waals surface area (Å²) in [6.07, 6.45) is 4.14. The molecule has 2 heterocycles. The van der Waals surface area contributed by atoms with Gasteiger partial charge in [-0.3, -0.25) is 4.90 Å². The molecule has 2 aliphatic heterocycles. The van der Waals surface area contributed by atoms with Crippen molar-refractivity contribution in [3.05, 3.63) is 0 Å². The third-order valence-electron chi connectivity index (χ3n) is 3.90. The minimum absolute atomic E-state index is 0.387. The summed E-state index contributed by atoms with van der Waals surface area (Å²) in [6, 6.07) is 1.09. The summed E-state index contributed by atoms with van der Waals surface area (Å²) in [4.78, 5) is 2.49. The molecule has 0 aliphatic carbocycles. The fraction of sp³-hybridized carbons (Fsp3) is 1.00. The highest BCUT2D eigenvalue weighted by Crippen LogP contribution is 2.21. The van der Waals surface area contributed by atoms with Gasteiger partial charge in [-0.25, -0.2) is 8.42 Å². The average Bonchev–Trinajstić information content (AvgIpc) is 2.29. The first kappa shape index (κ1) is 12.3. The van der Waals surface area contributed by atoms with Crippen molar-refractivity contribution in [2.45, 2.75) is 37.8 Å². The highest BCUT2D eigenvalue weighted by molar-refractivity contribution is 7.91. The molecule has 2 rings (SSSR count). The predicted octanol–water partition coefficient (Wildman–Crippen LogP) is 0.247. The van der Waals surface area contributed by atoms with Gasteiger partial charge in [-0.05, 0) is 39.3 Å². The number of piperidine rings is 1. The summed E-state index contributed by atoms with van der Waals surface area (Å²) in [5.41, 5.74) is 0. The Hall–Kier alpha value is -0.130. The molecule has 94 valence electrons. The van der Waals surface area contributed by atoms with Gasteiger partial charge in [0.2, 0.25) is 0 Å². The van der Waals surface area contributed by atoms with Gasteiger partial charge in [-0.2, -0.15) is 0 Å². The van der Waals surface area contributed by atoms with Crippen LogP contribution in [0.3, 0.4) is 0 Å². The Labute approximate surface area is 98.3 Å². The number of sulfone groups is 1. The van der Waals surface area contributed by atoms with Crippen molar-refractivity contribution in [3.63, 3.8) is 0 Å². The highest BCUT2D eigenvalue weighted by Gasteiger charge is 2.30. The lowest BCUT2D eigenvalue weighted by Crippen LogP contribution is -2.50. The van der Waals surface area contributed by atoms with Crippen molar-refractivity contribution in [1.29, 1.82) is 0 Å². The third-order valence-corrected chi connectivity index (χ3v) is 5.62. The van der Waals surface area contributed by atoms with Crippen LogP contribution in [0.2, 0.25) is 0 Å². The number of hydrogen-bond donors (Lipinski definition) is 1. The predicted molar refractivity (Wildman–Crippen MR) is 65.3 cm³/mol. The zero-order valence-corrected chi connectivity index (χ0v) is 10.8. The van der Waals surface area contributed by atoms with Crippen LogP contribution in [-0.2, 0) is 9.84 Å². The van der Waals surface area contributed by atoms with E-state index >= 15 is 0 Å². The fourth-order valence-electron chi connectivity index (χ4n) is 2.82. The second kappa shape index (κ2) is 5.02. The number of nitrogens with one attached hydrogen (secondary N) is 1. The monoisotopic (exact) mass is 246 g/mol. The average molecular weight is 246 g/mol. The third kappa shape index (κ3) is 2.96. The minimum Gasteiger partial charge on any atom is -0.316 e. The molecular formula is C11H22N2O2S. The van der Waals surface area contributed by atoms with Crippen LogP contribution < -0.4 is 5.32 Å². The molecule has 0 amide bonds. The van der Waals surface area contributed by atoms with E-state index in [1.165, 1.54) is 12.8 Å². The van der Waals surface area contributed by atoms with Crippen LogP contribution in [0.15, 0.2) is 0 Å². The molecule has 5 heteroatoms. The number of hydrogen-bond acceptors (Lipinski definition) is 4. The molecule has 4 nitrogen and oxygen atoms in total. The molecular weight excluding hydrogens is 224 g/mol. The van der Waals surface area contributed by atoms with E-state index in [1.54, 1.807) is 0 Å². The zero-order chi connectivity index (χ0) is 11.6. The van der Waals surface area contributed by atoms with Crippen molar-refractivity contribution < 1.29 is 8.42 Å². The van der Waals surface area contributed by atoms with Gasteiger partial charge in [-0.1, -0.05) is 0 Å². The quantitative estimate of drug-likeness (QED) is 0.759. The molecule has 1 atom stereocenters. The van der Waals surface area contributed by atoms with Crippen molar-refractivity contribution in [3.8, 4) is 0 Å². The molecule has 16 heavy (non-hydrogen) atoms. The second-order valence-electron chi connectivity index (χ2n) is 5.01. The summed E-state index contributed by atoms with van der Waals surface area (Å²) < 4.78 is 22.7. The minimum atomic E-state index is -2.72. The first-order chi connectivity index (χ1) is 7.61. The van der Waals surface area contributed by atoms with E-state index in [1.807, 2.05) is 7.05 Å². The summed E-state index contributed by atoms with van der Waals surface area (Å²) in [6.45, 7) is 2.23. The van der Waals surface area contributed by atoms with E-state index < -0.39 is 9.84 Å². The first-order valence-corrected chi connectivity index (χ1v) is 8.04. The van der Waals surface area contributed by atoms with Gasteiger partial charge in [0, 0.05) is 18.6 Å². The van der Waals surface area contributed by atoms with Crippen LogP contribution in [0, 0.1) is 0 Å². The van der Waals surface area contributed by atoms with Crippen LogP contribution in [0.4, 0.5) is 0 Å². The Morgan fingerprint density at radius 2 is 1.88 bits per heavy atom. The summed E-state index contributed by atoms with van der Waals surface area (Å²) in [5.74, 6) is 0.775. The number of likely N-dealkylation sites (N-methyl/N-ethyl adjacent to an activating group) is 1. The lowest BCUT2D eigenvalue weighted by Gasteiger charge is -2.39. The molecule has 0 bridgehead atoms. The van der Waals surface area contributed by atoms with Crippen molar-refractivity contribution >= 4 is 9.84 Å². The highest BCUT2D eigenvalue weighted by atomic mass is 32.2. The van der Waals surface area contributed by atoms with Gasteiger partial charge >= 0.3 is 0 Å². The van der Waals surface area contributed by atoms with Crippen LogP contribution in [0.1, 0.15) is 25.7 Å². The molecule has 1 N–H and O–H groups in total. The molecule has 1 unspecified atom stereocenters. The summed E-state index contributed by atoms with van der Waals surface area (Å²) in [7, 11) is -0.702. The van der Waals surface area contributed by atoms with Crippen LogP contribution >= 0.6 is 0 Å². The molecule has 0 saturated carbocycles. The van der Waals surface area contributed by atoms with Crippen LogP contribution in [0.25, 0.3) is 0 Å². The first-order valence-electron chi connectivity index (χ1n) is 6.22. The summed E-state index contributed by atoms with van der Waals surface area (Å²) >= 11 is 0. The van der Waals surface area contributed by atoms with Gasteiger partial charge in [-0.15, -0.1) is 0 Å². The van der Waals surface area contributed by atoms with Gasteiger partial charge in [0.05, 0.1) is 11.5 Å². The summed E-state index contributed by atoms with van der Waals surface area (Å²) in [5, 5.41) is 3.33. The lowest BCUT2D eigenvalue weighted by molar-refractivity contribution is 0.131. The van der Waals surface area contributed by atoms with Crippen molar-refractivity contribution in [2.75, 3.05) is 31.6 Å². The Morgan fingerprint density at radius 3 is 2.50 bits per heavy atom. The van der Waals surface area contributed by atoms with Crippen molar-refractivity contribution in [1.82, 2.24) is 10.2 Å². The maximum absolute atomic E-state index is 11.4. The molecule has 2 fully saturated rings. The number of likely N-dealkylation sites (tertiary alicyclic amines) is 1. The van der Waals surface area contributed by atoms with E-state index in [2.05, 4.69) is 10.2 Å². The van der Waals surface area contributed by atoms with E-state index in [4.69, 9.17) is 0 Å². The van der Waals surface area contributed by atoms with E-state index in [0.29, 0.717) is 23.6 Å². The fourth-order valence-corrected chi connectivity index (χ4v) is 4.28. The normalized spacial score (nSPS) is 32.7. The standard InChI is InChI=1S/C11H22N2O2S/c1-12-10-3-2-6-13(9-10)11-4-7-16(14,15)8-5-11/h10-12H,2-9H2,1H3. The van der Waals surface area contributed by atoms with Gasteiger partial charge in [0.25, 0.3) is 0 Å². The van der Waals surface area contributed by atoms with Gasteiger partial charge < -0.3 is 5.32 Å². The SMILES string of the molecule is CNC1CCCN(C2CCS(=O)(=O)CC2)C1. The van der Waals surface area contributed by atoms with Crippen LogP contribution in [-0.4, -0.2) is 57.0 Å². The zero-order valence-electron chi connectivity index (χ0n) is 9.98. The number of rotatable bonds is 2. The Kier molecular flexibility index (Phi) is 3.87. The lowest BCUT2D eigenvalue weighted by atomic mass is 10.0. The van der Waals surface area contributed by atoms with E-state index in [9.17, 15) is 8.42 Å². The van der Waals surface area contributed by atoms with Gasteiger partial charge in [0.1, 0.15) is 9.84 Å². The second-order valence-corrected chi connectivity index (χ2v) is 7.31. The molecule has 0 radical (unpaired) electrons. The smallest absolute Gasteiger partial charge is 0.150 e. The van der Waals surface area contributed by atoms with Crippen LogP contribution in [0.5, 0.6) is 0 Å². The van der Waals surface area contributed by atoms with E-state index in [0.717, 1.165) is 25.9 Å². The topological polar surface area (TPSA) is 49.4 Å². The molecule has 2 saturated heterocycles. The Balaban J connectivity index is 1.88. The van der Waals surface area contributed by atoms with E-state index in [-0.39, 0.29) is 0 Å². The molecule has 0 aromatic rings. The Morgan fingerprint density at radius 1 is 1.19 bits per heavy atom. The molecule has 2 aliphatic rings. The largest absolute Gasteiger partial charge is 0.316 e.